The van der Waals surface area contributed by atoms with E-state index in [1.165, 1.54) is 0 Å². The highest BCUT2D eigenvalue weighted by molar-refractivity contribution is 9.10. The molecule has 0 bridgehead atoms. The molecule has 0 radical (unpaired) electrons. The molecule has 0 aliphatic carbocycles. The third-order valence-electron chi connectivity index (χ3n) is 1.55. The first-order valence-corrected chi connectivity index (χ1v) is 5.04. The van der Waals surface area contributed by atoms with Crippen molar-refractivity contribution < 1.29 is 9.90 Å². The van der Waals surface area contributed by atoms with E-state index >= 15 is 0 Å². The topological polar surface area (TPSA) is 49.3 Å². The highest BCUT2D eigenvalue weighted by Crippen LogP contribution is 2.00. The average molecular weight is 238 g/mol. The molecule has 0 saturated carbocycles. The van der Waals surface area contributed by atoms with Crippen LogP contribution in [0.2, 0.25) is 0 Å². The molecular weight excluding hydrogens is 222 g/mol. The molecule has 0 aliphatic heterocycles. The summed E-state index contributed by atoms with van der Waals surface area (Å²) in [5, 5.41) is 11.4. The number of aliphatic hydroxyl groups excluding tert-OH is 1. The Hall–Kier alpha value is -0.0900. The third-order valence-corrected chi connectivity index (χ3v) is 1.96. The molecule has 0 spiro atoms. The van der Waals surface area contributed by atoms with Crippen LogP contribution in [-0.4, -0.2) is 28.5 Å². The average Bonchev–Trinajstić information content (AvgIpc) is 2.00. The van der Waals surface area contributed by atoms with Crippen LogP contribution >= 0.6 is 15.9 Å². The van der Waals surface area contributed by atoms with Gasteiger partial charge in [-0.05, 0) is 26.7 Å². The molecule has 2 unspecified atom stereocenters. The van der Waals surface area contributed by atoms with Gasteiger partial charge in [-0.25, -0.2) is 0 Å². The molecule has 0 fully saturated rings. The highest BCUT2D eigenvalue weighted by atomic mass is 79.9. The Morgan fingerprint density at radius 3 is 2.58 bits per heavy atom. The number of aliphatic hydroxyl groups is 1. The van der Waals surface area contributed by atoms with Crippen molar-refractivity contribution in [2.24, 2.45) is 0 Å². The standard InChI is InChI=1S/C8H16BrNO2/c1-6(4-3-5-11)10-8(12)7(2)9/h6-7,11H,3-5H2,1-2H3,(H,10,12). The maximum atomic E-state index is 11.1. The summed E-state index contributed by atoms with van der Waals surface area (Å²) in [7, 11) is 0. The minimum Gasteiger partial charge on any atom is -0.396 e. The van der Waals surface area contributed by atoms with Gasteiger partial charge in [-0.2, -0.15) is 0 Å². The summed E-state index contributed by atoms with van der Waals surface area (Å²) >= 11 is 3.18. The van der Waals surface area contributed by atoms with Crippen LogP contribution in [0, 0.1) is 0 Å². The van der Waals surface area contributed by atoms with Crippen molar-refractivity contribution in [3.63, 3.8) is 0 Å². The second-order valence-corrected chi connectivity index (χ2v) is 4.26. The first-order valence-electron chi connectivity index (χ1n) is 4.13. The van der Waals surface area contributed by atoms with Gasteiger partial charge in [0, 0.05) is 12.6 Å². The first-order chi connectivity index (χ1) is 5.57. The zero-order valence-corrected chi connectivity index (χ0v) is 9.10. The lowest BCUT2D eigenvalue weighted by atomic mass is 10.2. The van der Waals surface area contributed by atoms with E-state index in [4.69, 9.17) is 5.11 Å². The van der Waals surface area contributed by atoms with E-state index in [0.29, 0.717) is 0 Å². The van der Waals surface area contributed by atoms with Crippen LogP contribution in [0.5, 0.6) is 0 Å². The Kier molecular flexibility index (Phi) is 6.38. The van der Waals surface area contributed by atoms with E-state index in [0.717, 1.165) is 12.8 Å². The van der Waals surface area contributed by atoms with Crippen LogP contribution in [0.1, 0.15) is 26.7 Å². The van der Waals surface area contributed by atoms with Crippen molar-refractivity contribution in [1.82, 2.24) is 5.32 Å². The first kappa shape index (κ1) is 11.9. The van der Waals surface area contributed by atoms with Gasteiger partial charge in [0.1, 0.15) is 0 Å². The van der Waals surface area contributed by atoms with Crippen LogP contribution in [0.15, 0.2) is 0 Å². The largest absolute Gasteiger partial charge is 0.396 e. The highest BCUT2D eigenvalue weighted by Gasteiger charge is 2.10. The Balaban J connectivity index is 3.54. The molecular formula is C8H16BrNO2. The van der Waals surface area contributed by atoms with E-state index < -0.39 is 0 Å². The predicted molar refractivity (Wildman–Crippen MR) is 52.3 cm³/mol. The monoisotopic (exact) mass is 237 g/mol. The summed E-state index contributed by atoms with van der Waals surface area (Å²) in [5.41, 5.74) is 0. The fourth-order valence-corrected chi connectivity index (χ4v) is 0.959. The van der Waals surface area contributed by atoms with Crippen LogP contribution in [-0.2, 0) is 4.79 Å². The summed E-state index contributed by atoms with van der Waals surface area (Å²) in [5.74, 6) is 0.000407. The van der Waals surface area contributed by atoms with E-state index in [9.17, 15) is 4.79 Å². The van der Waals surface area contributed by atoms with Crippen molar-refractivity contribution in [2.75, 3.05) is 6.61 Å². The number of rotatable bonds is 5. The smallest absolute Gasteiger partial charge is 0.233 e. The quantitative estimate of drug-likeness (QED) is 0.703. The summed E-state index contributed by atoms with van der Waals surface area (Å²) in [4.78, 5) is 11.0. The van der Waals surface area contributed by atoms with Gasteiger partial charge in [0.25, 0.3) is 0 Å². The van der Waals surface area contributed by atoms with Crippen molar-refractivity contribution >= 4 is 21.8 Å². The van der Waals surface area contributed by atoms with Crippen LogP contribution in [0.4, 0.5) is 0 Å². The third kappa shape index (κ3) is 5.55. The molecule has 2 atom stereocenters. The fourth-order valence-electron chi connectivity index (χ4n) is 0.827. The molecule has 12 heavy (non-hydrogen) atoms. The summed E-state index contributed by atoms with van der Waals surface area (Å²) in [6.07, 6.45) is 1.56. The summed E-state index contributed by atoms with van der Waals surface area (Å²) in [6, 6.07) is 0.143. The Labute approximate surface area is 81.7 Å². The Morgan fingerprint density at radius 1 is 1.58 bits per heavy atom. The van der Waals surface area contributed by atoms with Crippen LogP contribution < -0.4 is 5.32 Å². The predicted octanol–water partition coefficient (Wildman–Crippen LogP) is 1.05. The lowest BCUT2D eigenvalue weighted by Crippen LogP contribution is -2.36. The van der Waals surface area contributed by atoms with Crippen molar-refractivity contribution in [3.05, 3.63) is 0 Å². The molecule has 2 N–H and O–H groups in total. The maximum Gasteiger partial charge on any atom is 0.233 e. The number of nitrogens with one attached hydrogen (secondary N) is 1. The zero-order chi connectivity index (χ0) is 9.56. The normalized spacial score (nSPS) is 15.3. The lowest BCUT2D eigenvalue weighted by molar-refractivity contribution is -0.120. The molecule has 0 heterocycles. The molecule has 3 nitrogen and oxygen atoms in total. The summed E-state index contributed by atoms with van der Waals surface area (Å²) in [6.45, 7) is 3.90. The van der Waals surface area contributed by atoms with Gasteiger partial charge in [0.2, 0.25) is 5.91 Å². The number of amides is 1. The second-order valence-electron chi connectivity index (χ2n) is 2.89. The number of carbonyl (C=O) groups is 1. The van der Waals surface area contributed by atoms with Gasteiger partial charge < -0.3 is 10.4 Å². The van der Waals surface area contributed by atoms with Crippen molar-refractivity contribution in [3.8, 4) is 0 Å². The zero-order valence-electron chi connectivity index (χ0n) is 7.51. The second kappa shape index (κ2) is 6.43. The van der Waals surface area contributed by atoms with Gasteiger partial charge in [-0.15, -0.1) is 0 Å². The van der Waals surface area contributed by atoms with Crippen LogP contribution in [0.3, 0.4) is 0 Å². The van der Waals surface area contributed by atoms with Crippen molar-refractivity contribution in [1.29, 1.82) is 0 Å². The Bertz CT molecular complexity index is 139. The van der Waals surface area contributed by atoms with E-state index in [2.05, 4.69) is 21.2 Å². The fraction of sp³-hybridized carbons (Fsp3) is 0.875. The van der Waals surface area contributed by atoms with Gasteiger partial charge in [0.05, 0.1) is 4.83 Å². The molecule has 0 aromatic heterocycles. The number of hydrogen-bond donors (Lipinski definition) is 2. The number of halogens is 1. The SMILES string of the molecule is CC(CCCO)NC(=O)C(C)Br. The number of hydrogen-bond acceptors (Lipinski definition) is 2. The molecule has 0 rings (SSSR count). The molecule has 1 amide bonds. The number of carbonyl (C=O) groups excluding carboxylic acids is 1. The van der Waals surface area contributed by atoms with Gasteiger partial charge in [-0.1, -0.05) is 15.9 Å². The summed E-state index contributed by atoms with van der Waals surface area (Å²) < 4.78 is 0. The van der Waals surface area contributed by atoms with E-state index in [1.807, 2.05) is 6.92 Å². The van der Waals surface area contributed by atoms with Gasteiger partial charge in [0.15, 0.2) is 0 Å². The minimum absolute atomic E-state index is 0.000407. The maximum absolute atomic E-state index is 11.1. The van der Waals surface area contributed by atoms with Gasteiger partial charge >= 0.3 is 0 Å². The van der Waals surface area contributed by atoms with E-state index in [1.54, 1.807) is 6.92 Å². The molecule has 72 valence electrons. The molecule has 0 aromatic rings. The molecule has 0 saturated heterocycles. The van der Waals surface area contributed by atoms with Gasteiger partial charge in [-0.3, -0.25) is 4.79 Å². The number of alkyl halides is 1. The minimum atomic E-state index is -0.144. The van der Waals surface area contributed by atoms with Crippen LogP contribution in [0.25, 0.3) is 0 Å². The van der Waals surface area contributed by atoms with Crippen molar-refractivity contribution in [2.45, 2.75) is 37.6 Å². The Morgan fingerprint density at radius 2 is 2.17 bits per heavy atom. The molecule has 4 heteroatoms. The lowest BCUT2D eigenvalue weighted by Gasteiger charge is -2.13. The molecule has 0 aliphatic rings. The van der Waals surface area contributed by atoms with E-state index in [-0.39, 0.29) is 23.4 Å². The molecule has 0 aromatic carbocycles.